The molecule has 2 aromatic rings. The van der Waals surface area contributed by atoms with Gasteiger partial charge in [-0.05, 0) is 18.9 Å². The molecule has 2 aliphatic rings. The van der Waals surface area contributed by atoms with Gasteiger partial charge < -0.3 is 24.6 Å². The van der Waals surface area contributed by atoms with Crippen molar-refractivity contribution in [1.29, 1.82) is 0 Å². The Labute approximate surface area is 177 Å². The Hall–Kier alpha value is -2.87. The summed E-state index contributed by atoms with van der Waals surface area (Å²) in [7, 11) is 1.65. The van der Waals surface area contributed by atoms with Crippen LogP contribution in [0.5, 0.6) is 5.75 Å². The zero-order valence-corrected chi connectivity index (χ0v) is 17.4. The van der Waals surface area contributed by atoms with E-state index in [0.717, 1.165) is 75.1 Å². The second-order valence-electron chi connectivity index (χ2n) is 7.62. The van der Waals surface area contributed by atoms with E-state index in [2.05, 4.69) is 25.1 Å². The summed E-state index contributed by atoms with van der Waals surface area (Å²) in [6.45, 7) is 5.24. The molecule has 1 aromatic heterocycles. The monoisotopic (exact) mass is 411 g/mol. The van der Waals surface area contributed by atoms with Crippen LogP contribution in [0.15, 0.2) is 36.8 Å². The predicted octanol–water partition coefficient (Wildman–Crippen LogP) is 1.85. The zero-order chi connectivity index (χ0) is 20.8. The van der Waals surface area contributed by atoms with Crippen molar-refractivity contribution in [1.82, 2.24) is 15.3 Å². The fourth-order valence-corrected chi connectivity index (χ4v) is 4.12. The van der Waals surface area contributed by atoms with E-state index in [1.54, 1.807) is 13.4 Å². The third-order valence-electron chi connectivity index (χ3n) is 5.84. The van der Waals surface area contributed by atoms with E-state index in [-0.39, 0.29) is 11.8 Å². The number of piperidine rings is 1. The molecule has 0 aliphatic carbocycles. The van der Waals surface area contributed by atoms with Crippen LogP contribution in [0.2, 0.25) is 0 Å². The Morgan fingerprint density at radius 3 is 2.70 bits per heavy atom. The van der Waals surface area contributed by atoms with Gasteiger partial charge in [-0.3, -0.25) is 4.79 Å². The summed E-state index contributed by atoms with van der Waals surface area (Å²) in [6.07, 6.45) is 5.12. The number of anilines is 2. The van der Waals surface area contributed by atoms with Crippen LogP contribution >= 0.6 is 0 Å². The maximum absolute atomic E-state index is 12.7. The highest BCUT2D eigenvalue weighted by molar-refractivity contribution is 5.79. The van der Waals surface area contributed by atoms with Crippen LogP contribution < -0.4 is 19.9 Å². The molecule has 1 amide bonds. The molecule has 1 aromatic carbocycles. The molecule has 0 spiro atoms. The summed E-state index contributed by atoms with van der Waals surface area (Å²) in [4.78, 5) is 26.1. The number of methoxy groups -OCH3 is 1. The van der Waals surface area contributed by atoms with Gasteiger partial charge in [0.05, 0.1) is 32.2 Å². The number of amides is 1. The van der Waals surface area contributed by atoms with Gasteiger partial charge in [0.1, 0.15) is 12.1 Å². The number of hydrogen-bond donors (Lipinski definition) is 1. The van der Waals surface area contributed by atoms with Crippen molar-refractivity contribution in [2.45, 2.75) is 19.4 Å². The molecule has 0 saturated carbocycles. The lowest BCUT2D eigenvalue weighted by atomic mass is 9.95. The van der Waals surface area contributed by atoms with Crippen LogP contribution in [0.25, 0.3) is 0 Å². The van der Waals surface area contributed by atoms with Gasteiger partial charge in [0.15, 0.2) is 5.82 Å². The van der Waals surface area contributed by atoms with Crippen molar-refractivity contribution in [3.63, 3.8) is 0 Å². The van der Waals surface area contributed by atoms with E-state index in [4.69, 9.17) is 9.47 Å². The van der Waals surface area contributed by atoms with Crippen molar-refractivity contribution >= 4 is 17.4 Å². The standard InChI is InChI=1S/C22H29N5O3/c1-29-20-5-3-2-4-18(20)14-24-22(28)17-6-8-26(9-7-17)19-15-23-16-25-21(19)27-10-12-30-13-11-27/h2-5,15-17H,6-14H2,1H3,(H,24,28). The van der Waals surface area contributed by atoms with Crippen molar-refractivity contribution in [2.75, 3.05) is 56.3 Å². The number of nitrogens with one attached hydrogen (secondary N) is 1. The number of morpholine rings is 1. The molecule has 1 N–H and O–H groups in total. The Kier molecular flexibility index (Phi) is 6.63. The average Bonchev–Trinajstić information content (AvgIpc) is 2.83. The number of aromatic nitrogens is 2. The van der Waals surface area contributed by atoms with Gasteiger partial charge >= 0.3 is 0 Å². The fourth-order valence-electron chi connectivity index (χ4n) is 4.12. The molecule has 0 atom stereocenters. The second kappa shape index (κ2) is 9.75. The van der Waals surface area contributed by atoms with E-state index >= 15 is 0 Å². The lowest BCUT2D eigenvalue weighted by Crippen LogP contribution is -2.42. The molecule has 8 nitrogen and oxygen atoms in total. The smallest absolute Gasteiger partial charge is 0.223 e. The number of carbonyl (C=O) groups excluding carboxylic acids is 1. The number of hydrogen-bond acceptors (Lipinski definition) is 7. The first-order valence-corrected chi connectivity index (χ1v) is 10.5. The third-order valence-corrected chi connectivity index (χ3v) is 5.84. The number of benzene rings is 1. The first kappa shape index (κ1) is 20.4. The van der Waals surface area contributed by atoms with E-state index in [1.807, 2.05) is 30.5 Å². The first-order valence-electron chi connectivity index (χ1n) is 10.5. The highest BCUT2D eigenvalue weighted by Crippen LogP contribution is 2.30. The molecule has 2 saturated heterocycles. The van der Waals surface area contributed by atoms with Gasteiger partial charge in [-0.15, -0.1) is 0 Å². The number of nitrogens with zero attached hydrogens (tertiary/aromatic N) is 4. The average molecular weight is 412 g/mol. The number of rotatable bonds is 6. The van der Waals surface area contributed by atoms with E-state index in [1.165, 1.54) is 0 Å². The molecule has 0 unspecified atom stereocenters. The van der Waals surface area contributed by atoms with Crippen LogP contribution in [-0.4, -0.2) is 62.4 Å². The topological polar surface area (TPSA) is 79.8 Å². The van der Waals surface area contributed by atoms with Crippen LogP contribution in [0.1, 0.15) is 18.4 Å². The Bertz CT molecular complexity index is 848. The Balaban J connectivity index is 1.33. The van der Waals surface area contributed by atoms with E-state index < -0.39 is 0 Å². The van der Waals surface area contributed by atoms with Crippen molar-refractivity contribution in [3.8, 4) is 5.75 Å². The first-order chi connectivity index (χ1) is 14.8. The minimum Gasteiger partial charge on any atom is -0.496 e. The van der Waals surface area contributed by atoms with Gasteiger partial charge in [-0.25, -0.2) is 9.97 Å². The number of para-hydroxylation sites is 1. The quantitative estimate of drug-likeness (QED) is 0.777. The maximum Gasteiger partial charge on any atom is 0.223 e. The number of carbonyl (C=O) groups is 1. The molecule has 2 aliphatic heterocycles. The van der Waals surface area contributed by atoms with Crippen LogP contribution in [0, 0.1) is 5.92 Å². The third kappa shape index (κ3) is 4.64. The minimum absolute atomic E-state index is 0.0208. The van der Waals surface area contributed by atoms with E-state index in [9.17, 15) is 4.79 Å². The lowest BCUT2D eigenvalue weighted by Gasteiger charge is -2.36. The number of ether oxygens (including phenoxy) is 2. The highest BCUT2D eigenvalue weighted by atomic mass is 16.5. The van der Waals surface area contributed by atoms with Gasteiger partial charge in [-0.2, -0.15) is 0 Å². The summed E-state index contributed by atoms with van der Waals surface area (Å²) < 4.78 is 10.8. The predicted molar refractivity (Wildman–Crippen MR) is 115 cm³/mol. The molecular formula is C22H29N5O3. The molecule has 2 fully saturated rings. The normalized spacial score (nSPS) is 17.6. The highest BCUT2D eigenvalue weighted by Gasteiger charge is 2.28. The second-order valence-corrected chi connectivity index (χ2v) is 7.62. The largest absolute Gasteiger partial charge is 0.496 e. The maximum atomic E-state index is 12.7. The Morgan fingerprint density at radius 1 is 1.17 bits per heavy atom. The van der Waals surface area contributed by atoms with E-state index in [0.29, 0.717) is 6.54 Å². The summed E-state index contributed by atoms with van der Waals surface area (Å²) in [5.74, 6) is 1.89. The molecule has 4 rings (SSSR count). The van der Waals surface area contributed by atoms with Gasteiger partial charge in [0.2, 0.25) is 5.91 Å². The minimum atomic E-state index is 0.0208. The molecule has 8 heteroatoms. The Morgan fingerprint density at radius 2 is 1.93 bits per heavy atom. The SMILES string of the molecule is COc1ccccc1CNC(=O)C1CCN(c2cncnc2N2CCOCC2)CC1. The molecule has 160 valence electrons. The zero-order valence-electron chi connectivity index (χ0n) is 17.4. The molecule has 3 heterocycles. The lowest BCUT2D eigenvalue weighted by molar-refractivity contribution is -0.125. The summed E-state index contributed by atoms with van der Waals surface area (Å²) in [5.41, 5.74) is 2.04. The van der Waals surface area contributed by atoms with Crippen molar-refractivity contribution < 1.29 is 14.3 Å². The summed E-state index contributed by atoms with van der Waals surface area (Å²) in [6, 6.07) is 7.77. The van der Waals surface area contributed by atoms with Crippen LogP contribution in [0.4, 0.5) is 11.5 Å². The van der Waals surface area contributed by atoms with Crippen molar-refractivity contribution in [2.24, 2.45) is 5.92 Å². The molecule has 30 heavy (non-hydrogen) atoms. The van der Waals surface area contributed by atoms with Crippen LogP contribution in [-0.2, 0) is 16.1 Å². The van der Waals surface area contributed by atoms with Gasteiger partial charge in [0.25, 0.3) is 0 Å². The van der Waals surface area contributed by atoms with Gasteiger partial charge in [0, 0.05) is 44.2 Å². The fraction of sp³-hybridized carbons (Fsp3) is 0.500. The molecule has 0 bridgehead atoms. The van der Waals surface area contributed by atoms with Crippen molar-refractivity contribution in [3.05, 3.63) is 42.4 Å². The van der Waals surface area contributed by atoms with Crippen LogP contribution in [0.3, 0.4) is 0 Å². The molecular weight excluding hydrogens is 382 g/mol. The summed E-state index contributed by atoms with van der Waals surface area (Å²) >= 11 is 0. The van der Waals surface area contributed by atoms with Gasteiger partial charge in [-0.1, -0.05) is 18.2 Å². The molecule has 0 radical (unpaired) electrons. The summed E-state index contributed by atoms with van der Waals surface area (Å²) in [5, 5.41) is 3.08.